The molecule has 0 radical (unpaired) electrons. The molecule has 0 aliphatic carbocycles. The Morgan fingerprint density at radius 3 is 2.28 bits per heavy atom. The van der Waals surface area contributed by atoms with Gasteiger partial charge >= 0.3 is 0 Å². The van der Waals surface area contributed by atoms with E-state index >= 15 is 0 Å². The van der Waals surface area contributed by atoms with Crippen LogP contribution in [0.3, 0.4) is 0 Å². The lowest BCUT2D eigenvalue weighted by Gasteiger charge is -2.26. The number of rotatable bonds is 6. The number of ether oxygens (including phenoxy) is 1. The van der Waals surface area contributed by atoms with Crippen LogP contribution in [0.4, 0.5) is 0 Å². The quantitative estimate of drug-likeness (QED) is 0.671. The summed E-state index contributed by atoms with van der Waals surface area (Å²) in [5.74, 6) is 0.487. The Morgan fingerprint density at radius 1 is 1.28 bits per heavy atom. The zero-order valence-corrected chi connectivity index (χ0v) is 10.6. The highest BCUT2D eigenvalue weighted by molar-refractivity contribution is 5.79. The average molecular weight is 253 g/mol. The monoisotopic (exact) mass is 253 g/mol. The van der Waals surface area contributed by atoms with Crippen LogP contribution in [0.1, 0.15) is 12.5 Å². The average Bonchev–Trinajstić information content (AvgIpc) is 2.39. The first-order valence-corrected chi connectivity index (χ1v) is 5.68. The van der Waals surface area contributed by atoms with E-state index in [9.17, 15) is 4.79 Å². The van der Waals surface area contributed by atoms with Crippen molar-refractivity contribution < 1.29 is 19.7 Å². The number of aliphatic hydroxyl groups excluding tert-OH is 2. The van der Waals surface area contributed by atoms with Crippen LogP contribution < -0.4 is 10.1 Å². The lowest BCUT2D eigenvalue weighted by Crippen LogP contribution is -2.52. The van der Waals surface area contributed by atoms with Gasteiger partial charge in [0, 0.05) is 0 Å². The Bertz CT molecular complexity index is 384. The summed E-state index contributed by atoms with van der Waals surface area (Å²) in [5, 5.41) is 20.8. The van der Waals surface area contributed by atoms with Gasteiger partial charge in [-0.3, -0.25) is 4.79 Å². The van der Waals surface area contributed by atoms with Crippen LogP contribution in [0, 0.1) is 0 Å². The van der Waals surface area contributed by atoms with Gasteiger partial charge in [0.15, 0.2) is 0 Å². The highest BCUT2D eigenvalue weighted by Crippen LogP contribution is 2.12. The van der Waals surface area contributed by atoms with Gasteiger partial charge in [0.05, 0.1) is 32.3 Å². The molecule has 0 aliphatic heterocycles. The number of hydrogen-bond donors (Lipinski definition) is 3. The lowest BCUT2D eigenvalue weighted by molar-refractivity contribution is -0.123. The number of aliphatic hydroxyl groups is 2. The Hall–Kier alpha value is -1.59. The number of nitrogens with one attached hydrogen (secondary N) is 1. The van der Waals surface area contributed by atoms with Crippen molar-refractivity contribution in [3.8, 4) is 5.75 Å². The maximum atomic E-state index is 11.7. The second-order valence-electron chi connectivity index (χ2n) is 4.45. The standard InChI is InChI=1S/C13H19NO4/c1-13(8-15,9-16)14-12(17)7-10-3-5-11(18-2)6-4-10/h3-6,15-16H,7-9H2,1-2H3,(H,14,17). The van der Waals surface area contributed by atoms with E-state index in [1.165, 1.54) is 0 Å². The molecule has 0 spiro atoms. The second kappa shape index (κ2) is 6.37. The topological polar surface area (TPSA) is 78.8 Å². The molecule has 1 rings (SSSR count). The van der Waals surface area contributed by atoms with E-state index in [0.29, 0.717) is 0 Å². The van der Waals surface area contributed by atoms with Crippen LogP contribution in [0.25, 0.3) is 0 Å². The van der Waals surface area contributed by atoms with E-state index in [0.717, 1.165) is 11.3 Å². The van der Waals surface area contributed by atoms with Crippen molar-refractivity contribution in [2.24, 2.45) is 0 Å². The van der Waals surface area contributed by atoms with Crippen molar-refractivity contribution in [3.05, 3.63) is 29.8 Å². The van der Waals surface area contributed by atoms with Gasteiger partial charge in [-0.25, -0.2) is 0 Å². The number of hydrogen-bond acceptors (Lipinski definition) is 4. The predicted octanol–water partition coefficient (Wildman–Crippen LogP) is 0.0972. The number of carbonyl (C=O) groups is 1. The summed E-state index contributed by atoms with van der Waals surface area (Å²) in [6.45, 7) is 0.967. The molecule has 0 aromatic heterocycles. The SMILES string of the molecule is COc1ccc(CC(=O)NC(C)(CO)CO)cc1. The summed E-state index contributed by atoms with van der Waals surface area (Å²) in [4.78, 5) is 11.7. The van der Waals surface area contributed by atoms with E-state index in [-0.39, 0.29) is 25.5 Å². The zero-order valence-electron chi connectivity index (χ0n) is 10.6. The molecule has 0 aliphatic rings. The number of methoxy groups -OCH3 is 1. The third-order valence-electron chi connectivity index (χ3n) is 2.66. The number of amides is 1. The molecule has 5 heteroatoms. The molecule has 0 saturated heterocycles. The van der Waals surface area contributed by atoms with Crippen molar-refractivity contribution in [2.75, 3.05) is 20.3 Å². The first kappa shape index (κ1) is 14.5. The van der Waals surface area contributed by atoms with Crippen molar-refractivity contribution in [2.45, 2.75) is 18.9 Å². The molecule has 0 heterocycles. The van der Waals surface area contributed by atoms with Crippen LogP contribution in [0.15, 0.2) is 24.3 Å². The van der Waals surface area contributed by atoms with E-state index in [4.69, 9.17) is 14.9 Å². The molecule has 0 atom stereocenters. The molecule has 0 bridgehead atoms. The van der Waals surface area contributed by atoms with Crippen LogP contribution in [0.2, 0.25) is 0 Å². The summed E-state index contributed by atoms with van der Waals surface area (Å²) >= 11 is 0. The highest BCUT2D eigenvalue weighted by atomic mass is 16.5. The molecular formula is C13H19NO4. The molecular weight excluding hydrogens is 234 g/mol. The van der Waals surface area contributed by atoms with E-state index in [2.05, 4.69) is 5.32 Å². The molecule has 18 heavy (non-hydrogen) atoms. The Kier molecular flexibility index (Phi) is 5.12. The molecule has 1 aromatic carbocycles. The number of carbonyl (C=O) groups excluding carboxylic acids is 1. The summed E-state index contributed by atoms with van der Waals surface area (Å²) in [7, 11) is 1.58. The van der Waals surface area contributed by atoms with Crippen LogP contribution in [-0.2, 0) is 11.2 Å². The molecule has 0 unspecified atom stereocenters. The minimum absolute atomic E-state index is 0.194. The van der Waals surface area contributed by atoms with Gasteiger partial charge in [0.25, 0.3) is 0 Å². The smallest absolute Gasteiger partial charge is 0.224 e. The van der Waals surface area contributed by atoms with Gasteiger partial charge in [-0.15, -0.1) is 0 Å². The van der Waals surface area contributed by atoms with Gasteiger partial charge in [0.1, 0.15) is 5.75 Å². The molecule has 100 valence electrons. The van der Waals surface area contributed by atoms with Gasteiger partial charge in [-0.2, -0.15) is 0 Å². The summed E-state index contributed by atoms with van der Waals surface area (Å²) in [6, 6.07) is 7.15. The molecule has 1 aromatic rings. The highest BCUT2D eigenvalue weighted by Gasteiger charge is 2.24. The Labute approximate surface area is 106 Å². The molecule has 1 amide bonds. The third-order valence-corrected chi connectivity index (χ3v) is 2.66. The van der Waals surface area contributed by atoms with E-state index in [1.54, 1.807) is 38.3 Å². The van der Waals surface area contributed by atoms with E-state index in [1.807, 2.05) is 0 Å². The second-order valence-corrected chi connectivity index (χ2v) is 4.45. The summed E-state index contributed by atoms with van der Waals surface area (Å²) in [6.07, 6.45) is 0.194. The van der Waals surface area contributed by atoms with Gasteiger partial charge in [-0.05, 0) is 24.6 Å². The van der Waals surface area contributed by atoms with Gasteiger partial charge < -0.3 is 20.3 Å². The Balaban J connectivity index is 2.58. The predicted molar refractivity (Wildman–Crippen MR) is 67.4 cm³/mol. The lowest BCUT2D eigenvalue weighted by atomic mass is 10.0. The maximum absolute atomic E-state index is 11.7. The van der Waals surface area contributed by atoms with Gasteiger partial charge in [0.2, 0.25) is 5.91 Å². The minimum Gasteiger partial charge on any atom is -0.497 e. The summed E-state index contributed by atoms with van der Waals surface area (Å²) < 4.78 is 5.02. The van der Waals surface area contributed by atoms with Gasteiger partial charge in [-0.1, -0.05) is 12.1 Å². The fourth-order valence-electron chi connectivity index (χ4n) is 1.44. The van der Waals surface area contributed by atoms with Crippen molar-refractivity contribution >= 4 is 5.91 Å². The number of benzene rings is 1. The fourth-order valence-corrected chi connectivity index (χ4v) is 1.44. The van der Waals surface area contributed by atoms with Crippen molar-refractivity contribution in [3.63, 3.8) is 0 Å². The van der Waals surface area contributed by atoms with Crippen LogP contribution >= 0.6 is 0 Å². The van der Waals surface area contributed by atoms with Crippen molar-refractivity contribution in [1.82, 2.24) is 5.32 Å². The first-order chi connectivity index (χ1) is 8.53. The zero-order chi connectivity index (χ0) is 13.6. The fraction of sp³-hybridized carbons (Fsp3) is 0.462. The van der Waals surface area contributed by atoms with Crippen molar-refractivity contribution in [1.29, 1.82) is 0 Å². The Morgan fingerprint density at radius 2 is 1.83 bits per heavy atom. The first-order valence-electron chi connectivity index (χ1n) is 5.68. The van der Waals surface area contributed by atoms with Crippen LogP contribution in [0.5, 0.6) is 5.75 Å². The molecule has 0 saturated carbocycles. The third kappa shape index (κ3) is 4.01. The molecule has 3 N–H and O–H groups in total. The summed E-state index contributed by atoms with van der Waals surface area (Å²) in [5.41, 5.74) is -0.143. The molecule has 0 fully saturated rings. The molecule has 5 nitrogen and oxygen atoms in total. The minimum atomic E-state index is -0.983. The maximum Gasteiger partial charge on any atom is 0.224 e. The normalized spacial score (nSPS) is 11.1. The largest absolute Gasteiger partial charge is 0.497 e. The van der Waals surface area contributed by atoms with Crippen LogP contribution in [-0.4, -0.2) is 42.0 Å². The van der Waals surface area contributed by atoms with E-state index < -0.39 is 5.54 Å².